The first-order valence-electron chi connectivity index (χ1n) is 7.99. The molecule has 1 heteroatoms. The van der Waals surface area contributed by atoms with Crippen LogP contribution in [0.5, 0.6) is 0 Å². The Bertz CT molecular complexity index is 148. The van der Waals surface area contributed by atoms with Crippen molar-refractivity contribution in [3.05, 3.63) is 0 Å². The van der Waals surface area contributed by atoms with Crippen LogP contribution in [0.4, 0.5) is 0 Å². The number of rotatable bonds is 12. The summed E-state index contributed by atoms with van der Waals surface area (Å²) in [5.41, 5.74) is 0.452. The molecule has 0 bridgehead atoms. The van der Waals surface area contributed by atoms with Gasteiger partial charge in [-0.3, -0.25) is 0 Å². The van der Waals surface area contributed by atoms with Gasteiger partial charge in [0.05, 0.1) is 0 Å². The van der Waals surface area contributed by atoms with E-state index < -0.39 is 0 Å². The lowest BCUT2D eigenvalue weighted by Crippen LogP contribution is -2.45. The molecule has 0 radical (unpaired) electrons. The molecule has 0 saturated carbocycles. The molecular formula is C16H35N. The smallest absolute Gasteiger partial charge is 0.0181 e. The predicted octanol–water partition coefficient (Wildman–Crippen LogP) is 5.30. The average molecular weight is 241 g/mol. The quantitative estimate of drug-likeness (QED) is 0.457. The van der Waals surface area contributed by atoms with Gasteiger partial charge in [0.2, 0.25) is 0 Å². The molecule has 1 unspecified atom stereocenters. The molecule has 0 aliphatic rings. The standard InChI is InChI=1S/C16H35N/c1-5-9-11-12-15-16(13-7-3,17-8-4)14-10-6-2/h17H,5-15H2,1-4H3. The zero-order chi connectivity index (χ0) is 13.0. The number of hydrogen-bond donors (Lipinski definition) is 1. The van der Waals surface area contributed by atoms with Gasteiger partial charge in [0.25, 0.3) is 0 Å². The minimum absolute atomic E-state index is 0.452. The second-order valence-electron chi connectivity index (χ2n) is 5.47. The van der Waals surface area contributed by atoms with Gasteiger partial charge in [-0.1, -0.05) is 72.6 Å². The van der Waals surface area contributed by atoms with E-state index in [9.17, 15) is 0 Å². The summed E-state index contributed by atoms with van der Waals surface area (Å²) in [6.07, 6.45) is 13.7. The summed E-state index contributed by atoms with van der Waals surface area (Å²) in [6, 6.07) is 0. The maximum atomic E-state index is 3.81. The first-order chi connectivity index (χ1) is 8.24. The molecule has 0 spiro atoms. The van der Waals surface area contributed by atoms with Crippen molar-refractivity contribution < 1.29 is 0 Å². The molecule has 0 aromatic carbocycles. The molecule has 17 heavy (non-hydrogen) atoms. The predicted molar refractivity (Wildman–Crippen MR) is 79.6 cm³/mol. The fourth-order valence-electron chi connectivity index (χ4n) is 2.90. The molecule has 0 aliphatic heterocycles. The van der Waals surface area contributed by atoms with E-state index in [-0.39, 0.29) is 0 Å². The van der Waals surface area contributed by atoms with Crippen molar-refractivity contribution in [3.63, 3.8) is 0 Å². The normalized spacial score (nSPS) is 14.8. The highest BCUT2D eigenvalue weighted by atomic mass is 15.0. The van der Waals surface area contributed by atoms with E-state index in [4.69, 9.17) is 0 Å². The minimum atomic E-state index is 0.452. The van der Waals surface area contributed by atoms with Gasteiger partial charge in [-0.05, 0) is 25.8 Å². The van der Waals surface area contributed by atoms with Crippen LogP contribution in [0.2, 0.25) is 0 Å². The summed E-state index contributed by atoms with van der Waals surface area (Å²) in [5.74, 6) is 0. The van der Waals surface area contributed by atoms with Gasteiger partial charge in [0.15, 0.2) is 0 Å². The second-order valence-corrected chi connectivity index (χ2v) is 5.47. The van der Waals surface area contributed by atoms with Crippen molar-refractivity contribution in [2.24, 2.45) is 0 Å². The van der Waals surface area contributed by atoms with E-state index in [0.29, 0.717) is 5.54 Å². The molecule has 0 aromatic heterocycles. The van der Waals surface area contributed by atoms with E-state index >= 15 is 0 Å². The monoisotopic (exact) mass is 241 g/mol. The van der Waals surface area contributed by atoms with Crippen molar-refractivity contribution in [1.29, 1.82) is 0 Å². The number of nitrogens with one attached hydrogen (secondary N) is 1. The van der Waals surface area contributed by atoms with Gasteiger partial charge in [-0.25, -0.2) is 0 Å². The Balaban J connectivity index is 4.20. The molecule has 0 aromatic rings. The van der Waals surface area contributed by atoms with Crippen LogP contribution in [0.15, 0.2) is 0 Å². The van der Waals surface area contributed by atoms with Crippen LogP contribution < -0.4 is 5.32 Å². The zero-order valence-corrected chi connectivity index (χ0v) is 12.8. The third kappa shape index (κ3) is 7.81. The molecule has 1 atom stereocenters. The first-order valence-corrected chi connectivity index (χ1v) is 7.99. The molecule has 0 aliphatic carbocycles. The van der Waals surface area contributed by atoms with Gasteiger partial charge in [-0.15, -0.1) is 0 Å². The van der Waals surface area contributed by atoms with Gasteiger partial charge in [-0.2, -0.15) is 0 Å². The van der Waals surface area contributed by atoms with Gasteiger partial charge in [0.1, 0.15) is 0 Å². The molecule has 104 valence electrons. The number of hydrogen-bond acceptors (Lipinski definition) is 1. The minimum Gasteiger partial charge on any atom is -0.312 e. The molecule has 0 heterocycles. The van der Waals surface area contributed by atoms with E-state index in [1.807, 2.05) is 0 Å². The lowest BCUT2D eigenvalue weighted by Gasteiger charge is -2.35. The van der Waals surface area contributed by atoms with Crippen LogP contribution in [0.25, 0.3) is 0 Å². The summed E-state index contributed by atoms with van der Waals surface area (Å²) in [6.45, 7) is 10.3. The molecule has 0 saturated heterocycles. The maximum Gasteiger partial charge on any atom is 0.0181 e. The Hall–Kier alpha value is -0.0400. The van der Waals surface area contributed by atoms with E-state index in [2.05, 4.69) is 33.0 Å². The highest BCUT2D eigenvalue weighted by molar-refractivity contribution is 4.87. The van der Waals surface area contributed by atoms with Crippen molar-refractivity contribution in [1.82, 2.24) is 5.32 Å². The molecule has 1 nitrogen and oxygen atoms in total. The lowest BCUT2D eigenvalue weighted by atomic mass is 9.83. The Morgan fingerprint density at radius 3 is 1.82 bits per heavy atom. The molecular weight excluding hydrogens is 206 g/mol. The summed E-state index contributed by atoms with van der Waals surface area (Å²) in [7, 11) is 0. The van der Waals surface area contributed by atoms with Crippen molar-refractivity contribution in [3.8, 4) is 0 Å². The van der Waals surface area contributed by atoms with E-state index in [0.717, 1.165) is 6.54 Å². The maximum absolute atomic E-state index is 3.81. The first kappa shape index (κ1) is 17.0. The summed E-state index contributed by atoms with van der Waals surface area (Å²) in [5, 5.41) is 3.81. The molecule has 0 rings (SSSR count). The molecule has 0 fully saturated rings. The van der Waals surface area contributed by atoms with Crippen molar-refractivity contribution in [2.45, 2.75) is 97.4 Å². The summed E-state index contributed by atoms with van der Waals surface area (Å²) >= 11 is 0. The van der Waals surface area contributed by atoms with E-state index in [1.54, 1.807) is 0 Å². The Kier molecular flexibility index (Phi) is 11.0. The third-order valence-electron chi connectivity index (χ3n) is 3.80. The van der Waals surface area contributed by atoms with Crippen LogP contribution in [0.3, 0.4) is 0 Å². The van der Waals surface area contributed by atoms with Crippen molar-refractivity contribution in [2.75, 3.05) is 6.54 Å². The second kappa shape index (κ2) is 11.1. The van der Waals surface area contributed by atoms with Gasteiger partial charge < -0.3 is 5.32 Å². The topological polar surface area (TPSA) is 12.0 Å². The van der Waals surface area contributed by atoms with Crippen LogP contribution >= 0.6 is 0 Å². The average Bonchev–Trinajstić information content (AvgIpc) is 2.33. The summed E-state index contributed by atoms with van der Waals surface area (Å²) in [4.78, 5) is 0. The third-order valence-corrected chi connectivity index (χ3v) is 3.80. The fraction of sp³-hybridized carbons (Fsp3) is 1.00. The Morgan fingerprint density at radius 2 is 1.29 bits per heavy atom. The van der Waals surface area contributed by atoms with Gasteiger partial charge >= 0.3 is 0 Å². The number of unbranched alkanes of at least 4 members (excludes halogenated alkanes) is 4. The highest BCUT2D eigenvalue weighted by Crippen LogP contribution is 2.27. The summed E-state index contributed by atoms with van der Waals surface area (Å²) < 4.78 is 0. The molecule has 1 N–H and O–H groups in total. The lowest BCUT2D eigenvalue weighted by molar-refractivity contribution is 0.248. The van der Waals surface area contributed by atoms with Crippen LogP contribution in [0.1, 0.15) is 91.9 Å². The van der Waals surface area contributed by atoms with E-state index in [1.165, 1.54) is 64.2 Å². The zero-order valence-electron chi connectivity index (χ0n) is 12.8. The van der Waals surface area contributed by atoms with Crippen molar-refractivity contribution >= 4 is 0 Å². The SMILES string of the molecule is CCCCCCC(CCC)(CCCC)NCC. The largest absolute Gasteiger partial charge is 0.312 e. The van der Waals surface area contributed by atoms with Crippen LogP contribution in [0, 0.1) is 0 Å². The molecule has 0 amide bonds. The van der Waals surface area contributed by atoms with Crippen LogP contribution in [-0.4, -0.2) is 12.1 Å². The van der Waals surface area contributed by atoms with Gasteiger partial charge in [0, 0.05) is 5.54 Å². The fourth-order valence-corrected chi connectivity index (χ4v) is 2.90. The highest BCUT2D eigenvalue weighted by Gasteiger charge is 2.26. The Labute approximate surface area is 110 Å². The van der Waals surface area contributed by atoms with Crippen LogP contribution in [-0.2, 0) is 0 Å². The Morgan fingerprint density at radius 1 is 0.647 bits per heavy atom.